The molecule has 0 aliphatic carbocycles. The lowest BCUT2D eigenvalue weighted by molar-refractivity contribution is -0.120. The summed E-state index contributed by atoms with van der Waals surface area (Å²) in [5.74, 6) is -0.354. The van der Waals surface area contributed by atoms with E-state index in [9.17, 15) is 9.18 Å². The molecule has 1 aromatic rings. The summed E-state index contributed by atoms with van der Waals surface area (Å²) in [5.41, 5.74) is 0.410. The molecule has 1 fully saturated rings. The van der Waals surface area contributed by atoms with E-state index in [2.05, 4.69) is 24.5 Å². The summed E-state index contributed by atoms with van der Waals surface area (Å²) < 4.78 is 18.8. The molecule has 0 spiro atoms. The van der Waals surface area contributed by atoms with E-state index in [0.29, 0.717) is 6.54 Å². The zero-order chi connectivity index (χ0) is 16.4. The number of carbonyl (C=O) groups excluding carboxylic acids is 1. The Kier molecular flexibility index (Phi) is 4.87. The van der Waals surface area contributed by atoms with Gasteiger partial charge in [-0.2, -0.15) is 0 Å². The van der Waals surface area contributed by atoms with Crippen molar-refractivity contribution < 1.29 is 13.9 Å². The van der Waals surface area contributed by atoms with Crippen LogP contribution in [0.4, 0.5) is 4.39 Å². The zero-order valence-corrected chi connectivity index (χ0v) is 13.7. The fraction of sp³-hybridized carbons (Fsp3) is 0.588. The maximum absolute atomic E-state index is 12.8. The van der Waals surface area contributed by atoms with Crippen molar-refractivity contribution in [2.45, 2.75) is 57.9 Å². The number of hydrogen-bond donors (Lipinski definition) is 2. The molecule has 1 amide bonds. The molecule has 22 heavy (non-hydrogen) atoms. The van der Waals surface area contributed by atoms with Crippen molar-refractivity contribution >= 4 is 5.91 Å². The van der Waals surface area contributed by atoms with Crippen LogP contribution in [0.15, 0.2) is 24.3 Å². The van der Waals surface area contributed by atoms with Gasteiger partial charge in [0, 0.05) is 12.6 Å². The van der Waals surface area contributed by atoms with E-state index in [-0.39, 0.29) is 35.5 Å². The number of benzene rings is 1. The zero-order valence-electron chi connectivity index (χ0n) is 13.7. The second-order valence-corrected chi connectivity index (χ2v) is 7.01. The van der Waals surface area contributed by atoms with Crippen molar-refractivity contribution in [1.29, 1.82) is 0 Å². The van der Waals surface area contributed by atoms with E-state index in [0.717, 1.165) is 12.0 Å². The van der Waals surface area contributed by atoms with Gasteiger partial charge in [0.1, 0.15) is 5.82 Å². The monoisotopic (exact) mass is 308 g/mol. The van der Waals surface area contributed by atoms with Gasteiger partial charge in [0.05, 0.1) is 17.7 Å². The number of amides is 1. The first-order valence-corrected chi connectivity index (χ1v) is 7.63. The van der Waals surface area contributed by atoms with Gasteiger partial charge in [-0.15, -0.1) is 0 Å². The van der Waals surface area contributed by atoms with Crippen molar-refractivity contribution in [2.75, 3.05) is 6.54 Å². The SMILES string of the molecule is CC1(C)CC(NCC(=O)NCc2ccc(F)cc2)C(C)(C)O1. The molecule has 2 N–H and O–H groups in total. The Balaban J connectivity index is 1.77. The topological polar surface area (TPSA) is 50.4 Å². The Morgan fingerprint density at radius 3 is 2.45 bits per heavy atom. The minimum Gasteiger partial charge on any atom is -0.368 e. The molecule has 1 aliphatic rings. The van der Waals surface area contributed by atoms with Crippen molar-refractivity contribution in [3.05, 3.63) is 35.6 Å². The van der Waals surface area contributed by atoms with E-state index in [1.54, 1.807) is 12.1 Å². The molecule has 1 atom stereocenters. The molecule has 1 aliphatic heterocycles. The normalized spacial score (nSPS) is 22.5. The summed E-state index contributed by atoms with van der Waals surface area (Å²) in [6.07, 6.45) is 0.866. The summed E-state index contributed by atoms with van der Waals surface area (Å²) in [6.45, 7) is 8.84. The lowest BCUT2D eigenvalue weighted by atomic mass is 9.94. The van der Waals surface area contributed by atoms with E-state index in [1.165, 1.54) is 12.1 Å². The second kappa shape index (κ2) is 6.34. The van der Waals surface area contributed by atoms with E-state index >= 15 is 0 Å². The molecule has 1 unspecified atom stereocenters. The summed E-state index contributed by atoms with van der Waals surface area (Å²) >= 11 is 0. The molecule has 0 aromatic heterocycles. The van der Waals surface area contributed by atoms with Gasteiger partial charge < -0.3 is 15.4 Å². The summed E-state index contributed by atoms with van der Waals surface area (Å²) in [7, 11) is 0. The van der Waals surface area contributed by atoms with Crippen LogP contribution in [-0.4, -0.2) is 29.7 Å². The fourth-order valence-corrected chi connectivity index (χ4v) is 2.96. The van der Waals surface area contributed by atoms with Crippen LogP contribution in [0.25, 0.3) is 0 Å². The van der Waals surface area contributed by atoms with Crippen LogP contribution >= 0.6 is 0 Å². The van der Waals surface area contributed by atoms with Crippen LogP contribution in [0, 0.1) is 5.82 Å². The molecule has 0 bridgehead atoms. The van der Waals surface area contributed by atoms with Crippen LogP contribution in [0.3, 0.4) is 0 Å². The predicted octanol–water partition coefficient (Wildman–Crippen LogP) is 2.38. The van der Waals surface area contributed by atoms with Gasteiger partial charge in [-0.05, 0) is 51.8 Å². The molecule has 2 rings (SSSR count). The Bertz CT molecular complexity index is 526. The largest absolute Gasteiger partial charge is 0.368 e. The Labute approximate surface area is 131 Å². The third-order valence-electron chi connectivity index (χ3n) is 3.99. The smallest absolute Gasteiger partial charge is 0.234 e. The van der Waals surface area contributed by atoms with Crippen molar-refractivity contribution in [3.8, 4) is 0 Å². The minimum absolute atomic E-state index is 0.0789. The maximum Gasteiger partial charge on any atom is 0.234 e. The molecule has 4 nitrogen and oxygen atoms in total. The van der Waals surface area contributed by atoms with Crippen molar-refractivity contribution in [1.82, 2.24) is 10.6 Å². The van der Waals surface area contributed by atoms with Crippen LogP contribution in [0.5, 0.6) is 0 Å². The number of carbonyl (C=O) groups is 1. The van der Waals surface area contributed by atoms with Crippen LogP contribution < -0.4 is 10.6 Å². The molecule has 5 heteroatoms. The number of halogens is 1. The average Bonchev–Trinajstić information content (AvgIpc) is 2.63. The second-order valence-electron chi connectivity index (χ2n) is 7.01. The predicted molar refractivity (Wildman–Crippen MR) is 83.9 cm³/mol. The highest BCUT2D eigenvalue weighted by molar-refractivity contribution is 5.78. The molecule has 0 radical (unpaired) electrons. The molecular weight excluding hydrogens is 283 g/mol. The van der Waals surface area contributed by atoms with Gasteiger partial charge in [-0.1, -0.05) is 12.1 Å². The number of rotatable bonds is 5. The van der Waals surface area contributed by atoms with Crippen molar-refractivity contribution in [2.24, 2.45) is 0 Å². The number of nitrogens with one attached hydrogen (secondary N) is 2. The maximum atomic E-state index is 12.8. The van der Waals surface area contributed by atoms with Gasteiger partial charge in [0.2, 0.25) is 5.91 Å². The lowest BCUT2D eigenvalue weighted by Gasteiger charge is -2.27. The first-order valence-electron chi connectivity index (χ1n) is 7.63. The van der Waals surface area contributed by atoms with E-state index in [1.807, 2.05) is 13.8 Å². The number of ether oxygens (including phenoxy) is 1. The van der Waals surface area contributed by atoms with Gasteiger partial charge in [0.15, 0.2) is 0 Å². The van der Waals surface area contributed by atoms with Crippen LogP contribution in [0.2, 0.25) is 0 Å². The first kappa shape index (κ1) is 16.9. The Morgan fingerprint density at radius 2 is 1.91 bits per heavy atom. The van der Waals surface area contributed by atoms with E-state index in [4.69, 9.17) is 4.74 Å². The average molecular weight is 308 g/mol. The summed E-state index contributed by atoms with van der Waals surface area (Å²) in [6, 6.07) is 6.25. The van der Waals surface area contributed by atoms with Crippen molar-refractivity contribution in [3.63, 3.8) is 0 Å². The molecule has 1 saturated heterocycles. The Hall–Kier alpha value is -1.46. The summed E-state index contributed by atoms with van der Waals surface area (Å²) in [5, 5.41) is 6.10. The van der Waals surface area contributed by atoms with Gasteiger partial charge in [-0.3, -0.25) is 4.79 Å². The number of hydrogen-bond acceptors (Lipinski definition) is 3. The minimum atomic E-state index is -0.291. The van der Waals surface area contributed by atoms with E-state index < -0.39 is 0 Å². The molecule has 1 aromatic carbocycles. The third kappa shape index (κ3) is 4.52. The molecular formula is C17H25FN2O2. The standard InChI is InChI=1S/C17H25FN2O2/c1-16(2)9-14(17(3,4)22-16)19-11-15(21)20-10-12-5-7-13(18)8-6-12/h5-8,14,19H,9-11H2,1-4H3,(H,20,21). The quantitative estimate of drug-likeness (QED) is 0.878. The lowest BCUT2D eigenvalue weighted by Crippen LogP contribution is -2.47. The molecule has 122 valence electrons. The van der Waals surface area contributed by atoms with Gasteiger partial charge in [0.25, 0.3) is 0 Å². The highest BCUT2D eigenvalue weighted by Gasteiger charge is 2.45. The van der Waals surface area contributed by atoms with Crippen LogP contribution in [0.1, 0.15) is 39.7 Å². The highest BCUT2D eigenvalue weighted by Crippen LogP contribution is 2.37. The van der Waals surface area contributed by atoms with Gasteiger partial charge >= 0.3 is 0 Å². The molecule has 1 heterocycles. The van der Waals surface area contributed by atoms with Gasteiger partial charge in [-0.25, -0.2) is 4.39 Å². The summed E-state index contributed by atoms with van der Waals surface area (Å²) in [4.78, 5) is 11.9. The molecule has 0 saturated carbocycles. The fourth-order valence-electron chi connectivity index (χ4n) is 2.96. The van der Waals surface area contributed by atoms with Crippen LogP contribution in [-0.2, 0) is 16.1 Å². The Morgan fingerprint density at radius 1 is 1.27 bits per heavy atom. The third-order valence-corrected chi connectivity index (χ3v) is 3.99. The highest BCUT2D eigenvalue weighted by atomic mass is 19.1. The first-order chi connectivity index (χ1) is 10.2.